The molecule has 0 heterocycles. The maximum atomic E-state index is 11.2. The maximum Gasteiger partial charge on any atom is 0.307 e. The van der Waals surface area contributed by atoms with Gasteiger partial charge in [-0.25, -0.2) is 0 Å². The van der Waals surface area contributed by atoms with Crippen LogP contribution >= 0.6 is 0 Å². The van der Waals surface area contributed by atoms with Gasteiger partial charge in [-0.15, -0.1) is 0 Å². The van der Waals surface area contributed by atoms with Crippen molar-refractivity contribution in [3.63, 3.8) is 0 Å². The summed E-state index contributed by atoms with van der Waals surface area (Å²) in [5, 5.41) is 9.18. The minimum absolute atomic E-state index is 0.100. The molecule has 0 aromatic heterocycles. The average Bonchev–Trinajstić information content (AvgIpc) is 2.81. The van der Waals surface area contributed by atoms with Crippen molar-refractivity contribution in [3.8, 4) is 0 Å². The normalized spacial score (nSPS) is 26.4. The molecule has 1 aromatic carbocycles. The van der Waals surface area contributed by atoms with E-state index in [1.54, 1.807) is 0 Å². The molecule has 0 amide bonds. The Kier molecular flexibility index (Phi) is 2.53. The Morgan fingerprint density at radius 1 is 1.38 bits per heavy atom. The summed E-state index contributed by atoms with van der Waals surface area (Å²) in [5.41, 5.74) is 2.41. The maximum absolute atomic E-state index is 11.2. The summed E-state index contributed by atoms with van der Waals surface area (Å²) in [6, 6.07) is 8.20. The van der Waals surface area contributed by atoms with Crippen LogP contribution in [0.25, 0.3) is 0 Å². The van der Waals surface area contributed by atoms with Crippen LogP contribution in [0.5, 0.6) is 0 Å². The van der Waals surface area contributed by atoms with Gasteiger partial charge in [0.1, 0.15) is 0 Å². The van der Waals surface area contributed by atoms with E-state index >= 15 is 0 Å². The fourth-order valence-corrected chi connectivity index (χ4v) is 2.84. The molecule has 16 heavy (non-hydrogen) atoms. The zero-order valence-electron chi connectivity index (χ0n) is 10.0. The first kappa shape index (κ1) is 11.2. The first-order chi connectivity index (χ1) is 7.50. The topological polar surface area (TPSA) is 37.3 Å². The number of aliphatic carboxylic acids is 1. The summed E-state index contributed by atoms with van der Waals surface area (Å²) in [6.07, 6.45) is 0.967. The molecular formula is C14H18O2. The van der Waals surface area contributed by atoms with Crippen molar-refractivity contribution >= 4 is 5.97 Å². The molecular weight excluding hydrogens is 200 g/mol. The molecule has 0 radical (unpaired) electrons. The Morgan fingerprint density at radius 3 is 2.50 bits per heavy atom. The number of carboxylic acids is 1. The van der Waals surface area contributed by atoms with Crippen LogP contribution in [-0.2, 0) is 11.2 Å². The van der Waals surface area contributed by atoms with Crippen LogP contribution in [0, 0.1) is 11.3 Å². The monoisotopic (exact) mass is 218 g/mol. The molecule has 1 aliphatic carbocycles. The molecule has 0 bridgehead atoms. The lowest BCUT2D eigenvalue weighted by molar-refractivity contribution is -0.139. The highest BCUT2D eigenvalue weighted by Crippen LogP contribution is 2.64. The van der Waals surface area contributed by atoms with E-state index in [0.717, 1.165) is 6.42 Å². The fourth-order valence-electron chi connectivity index (χ4n) is 2.84. The van der Waals surface area contributed by atoms with E-state index in [-0.39, 0.29) is 17.3 Å². The first-order valence-corrected chi connectivity index (χ1v) is 5.80. The smallest absolute Gasteiger partial charge is 0.307 e. The Hall–Kier alpha value is -1.31. The minimum atomic E-state index is -0.666. The van der Waals surface area contributed by atoms with Crippen molar-refractivity contribution in [2.75, 3.05) is 0 Å². The van der Waals surface area contributed by atoms with Crippen LogP contribution in [-0.4, -0.2) is 11.1 Å². The third-order valence-corrected chi connectivity index (χ3v) is 3.86. The standard InChI is InChI=1S/C14H18O2/c1-4-9-7-5-6-8-10(9)11-12(13(15)16)14(11,2)3/h5-8,11-12H,4H2,1-3H3,(H,15,16)/t11-,12+/m0/s1. The molecule has 1 N–H and O–H groups in total. The minimum Gasteiger partial charge on any atom is -0.481 e. The summed E-state index contributed by atoms with van der Waals surface area (Å²) in [5.74, 6) is -0.706. The Morgan fingerprint density at radius 2 is 2.00 bits per heavy atom. The van der Waals surface area contributed by atoms with E-state index in [4.69, 9.17) is 0 Å². The molecule has 2 rings (SSSR count). The van der Waals surface area contributed by atoms with Crippen molar-refractivity contribution in [2.24, 2.45) is 11.3 Å². The lowest BCUT2D eigenvalue weighted by Gasteiger charge is -2.08. The van der Waals surface area contributed by atoms with E-state index in [1.165, 1.54) is 11.1 Å². The number of carbonyl (C=O) groups is 1. The zero-order valence-corrected chi connectivity index (χ0v) is 10.0. The van der Waals surface area contributed by atoms with Crippen molar-refractivity contribution in [2.45, 2.75) is 33.1 Å². The van der Waals surface area contributed by atoms with Crippen molar-refractivity contribution < 1.29 is 9.90 Å². The summed E-state index contributed by atoms with van der Waals surface area (Å²) < 4.78 is 0. The van der Waals surface area contributed by atoms with Crippen LogP contribution < -0.4 is 0 Å². The lowest BCUT2D eigenvalue weighted by atomic mass is 9.97. The molecule has 2 heteroatoms. The van der Waals surface area contributed by atoms with Gasteiger partial charge in [0.15, 0.2) is 0 Å². The van der Waals surface area contributed by atoms with Gasteiger partial charge in [-0.05, 0) is 23.0 Å². The number of hydrogen-bond acceptors (Lipinski definition) is 1. The van der Waals surface area contributed by atoms with Crippen LogP contribution in [0.1, 0.15) is 37.8 Å². The molecule has 0 spiro atoms. The highest BCUT2D eigenvalue weighted by atomic mass is 16.4. The Bertz CT molecular complexity index is 420. The van der Waals surface area contributed by atoms with E-state index in [0.29, 0.717) is 0 Å². The van der Waals surface area contributed by atoms with Gasteiger partial charge in [0.25, 0.3) is 0 Å². The first-order valence-electron chi connectivity index (χ1n) is 5.80. The number of hydrogen-bond donors (Lipinski definition) is 1. The number of rotatable bonds is 3. The van der Waals surface area contributed by atoms with Crippen LogP contribution in [0.2, 0.25) is 0 Å². The van der Waals surface area contributed by atoms with Gasteiger partial charge in [0.2, 0.25) is 0 Å². The predicted octanol–water partition coefficient (Wildman–Crippen LogP) is 3.07. The summed E-state index contributed by atoms with van der Waals surface area (Å²) in [6.45, 7) is 6.20. The largest absolute Gasteiger partial charge is 0.481 e. The second-order valence-corrected chi connectivity index (χ2v) is 5.17. The Balaban J connectivity index is 2.37. The average molecular weight is 218 g/mol. The molecule has 86 valence electrons. The van der Waals surface area contributed by atoms with Gasteiger partial charge in [-0.3, -0.25) is 4.79 Å². The second kappa shape index (κ2) is 3.62. The molecule has 0 unspecified atom stereocenters. The third-order valence-electron chi connectivity index (χ3n) is 3.86. The summed E-state index contributed by atoms with van der Waals surface area (Å²) in [7, 11) is 0. The van der Waals surface area contributed by atoms with E-state index in [9.17, 15) is 9.90 Å². The molecule has 2 nitrogen and oxygen atoms in total. The predicted molar refractivity (Wildman–Crippen MR) is 63.5 cm³/mol. The van der Waals surface area contributed by atoms with E-state index in [2.05, 4.69) is 19.1 Å². The summed E-state index contributed by atoms with van der Waals surface area (Å²) >= 11 is 0. The molecule has 0 saturated heterocycles. The van der Waals surface area contributed by atoms with Crippen molar-refractivity contribution in [3.05, 3.63) is 35.4 Å². The highest BCUT2D eigenvalue weighted by Gasteiger charge is 2.62. The number of benzene rings is 1. The van der Waals surface area contributed by atoms with Crippen molar-refractivity contribution in [1.29, 1.82) is 0 Å². The highest BCUT2D eigenvalue weighted by molar-refractivity contribution is 5.77. The quantitative estimate of drug-likeness (QED) is 0.846. The SMILES string of the molecule is CCc1ccccc1[C@H]1[C@H](C(=O)O)C1(C)C. The zero-order chi connectivity index (χ0) is 11.9. The van der Waals surface area contributed by atoms with Crippen LogP contribution in [0.15, 0.2) is 24.3 Å². The second-order valence-electron chi connectivity index (χ2n) is 5.17. The molecule has 0 aliphatic heterocycles. The molecule has 1 aromatic rings. The molecule has 1 aliphatic rings. The molecule has 1 fully saturated rings. The Labute approximate surface area is 96.3 Å². The van der Waals surface area contributed by atoms with Gasteiger partial charge in [-0.2, -0.15) is 0 Å². The lowest BCUT2D eigenvalue weighted by Crippen LogP contribution is -2.03. The van der Waals surface area contributed by atoms with Gasteiger partial charge in [-0.1, -0.05) is 45.0 Å². The van der Waals surface area contributed by atoms with E-state index in [1.807, 2.05) is 26.0 Å². The molecule has 2 atom stereocenters. The van der Waals surface area contributed by atoms with Crippen LogP contribution in [0.4, 0.5) is 0 Å². The van der Waals surface area contributed by atoms with Gasteiger partial charge in [0, 0.05) is 5.92 Å². The third kappa shape index (κ3) is 1.53. The fraction of sp³-hybridized carbons (Fsp3) is 0.500. The van der Waals surface area contributed by atoms with Gasteiger partial charge >= 0.3 is 5.97 Å². The number of carboxylic acid groups (broad SMARTS) is 1. The van der Waals surface area contributed by atoms with Crippen molar-refractivity contribution in [1.82, 2.24) is 0 Å². The van der Waals surface area contributed by atoms with E-state index < -0.39 is 5.97 Å². The number of aryl methyl sites for hydroxylation is 1. The van der Waals surface area contributed by atoms with Crippen LogP contribution in [0.3, 0.4) is 0 Å². The van der Waals surface area contributed by atoms with Gasteiger partial charge in [0.05, 0.1) is 5.92 Å². The summed E-state index contributed by atoms with van der Waals surface area (Å²) in [4.78, 5) is 11.2. The van der Waals surface area contributed by atoms with Gasteiger partial charge < -0.3 is 5.11 Å². The molecule has 1 saturated carbocycles.